The Balaban J connectivity index is 2.54. The van der Waals surface area contributed by atoms with Crippen LogP contribution in [0.2, 0.25) is 0 Å². The van der Waals surface area contributed by atoms with Gasteiger partial charge in [-0.05, 0) is 36.8 Å². The van der Waals surface area contributed by atoms with E-state index < -0.39 is 16.0 Å². The fraction of sp³-hybridized carbons (Fsp3) is 0.133. The highest BCUT2D eigenvalue weighted by Gasteiger charge is 2.24. The minimum atomic E-state index is -3.80. The molecule has 21 heavy (non-hydrogen) atoms. The molecule has 0 heterocycles. The van der Waals surface area contributed by atoms with E-state index in [1.54, 1.807) is 37.3 Å². The Morgan fingerprint density at radius 2 is 1.76 bits per heavy atom. The largest absolute Gasteiger partial charge is 0.478 e. The van der Waals surface area contributed by atoms with Crippen molar-refractivity contribution in [2.24, 2.45) is 0 Å². The molecule has 2 aromatic carbocycles. The van der Waals surface area contributed by atoms with Crippen molar-refractivity contribution in [3.05, 3.63) is 59.7 Å². The summed E-state index contributed by atoms with van der Waals surface area (Å²) in [5, 5.41) is 9.17. The van der Waals surface area contributed by atoms with E-state index in [-0.39, 0.29) is 16.1 Å². The summed E-state index contributed by atoms with van der Waals surface area (Å²) in [6, 6.07) is 12.5. The van der Waals surface area contributed by atoms with Crippen LogP contribution in [0.1, 0.15) is 15.9 Å². The smallest absolute Gasteiger partial charge is 0.337 e. The number of carboxylic acids is 1. The summed E-state index contributed by atoms with van der Waals surface area (Å²) < 4.78 is 26.2. The topological polar surface area (TPSA) is 74.7 Å². The second-order valence-electron chi connectivity index (χ2n) is 4.61. The number of nitrogens with zero attached hydrogens (tertiary/aromatic N) is 1. The van der Waals surface area contributed by atoms with E-state index in [9.17, 15) is 18.3 Å². The molecular weight excluding hydrogens is 290 g/mol. The minimum absolute atomic E-state index is 0.0590. The lowest BCUT2D eigenvalue weighted by Gasteiger charge is -2.21. The molecule has 0 aliphatic carbocycles. The normalized spacial score (nSPS) is 11.1. The standard InChI is InChI=1S/C15H15NO4S/c1-11-6-5-7-12(10-11)21(19,20)16(2)14-9-4-3-8-13(14)15(17)18/h3-10H,1-2H3,(H,17,18). The quantitative estimate of drug-likeness (QED) is 0.942. The highest BCUT2D eigenvalue weighted by atomic mass is 32.2. The lowest BCUT2D eigenvalue weighted by atomic mass is 10.2. The number of sulfonamides is 1. The average Bonchev–Trinajstić information content (AvgIpc) is 2.46. The number of hydrogen-bond acceptors (Lipinski definition) is 3. The Bertz CT molecular complexity index is 784. The molecule has 0 atom stereocenters. The molecule has 0 bridgehead atoms. The molecule has 0 radical (unpaired) electrons. The number of para-hydroxylation sites is 1. The van der Waals surface area contributed by atoms with Crippen LogP contribution in [0.4, 0.5) is 5.69 Å². The van der Waals surface area contributed by atoms with E-state index in [0.29, 0.717) is 0 Å². The Hall–Kier alpha value is -2.34. The molecule has 0 aliphatic heterocycles. The molecule has 2 rings (SSSR count). The van der Waals surface area contributed by atoms with Crippen LogP contribution < -0.4 is 4.31 Å². The van der Waals surface area contributed by atoms with Crippen molar-refractivity contribution < 1.29 is 18.3 Å². The summed E-state index contributed by atoms with van der Waals surface area (Å²) >= 11 is 0. The average molecular weight is 305 g/mol. The molecule has 0 saturated carbocycles. The molecule has 6 heteroatoms. The van der Waals surface area contributed by atoms with Crippen LogP contribution in [0.3, 0.4) is 0 Å². The van der Waals surface area contributed by atoms with Gasteiger partial charge in [0.05, 0.1) is 16.1 Å². The molecule has 5 nitrogen and oxygen atoms in total. The second kappa shape index (κ2) is 5.57. The maximum atomic E-state index is 12.6. The molecule has 0 spiro atoms. The SMILES string of the molecule is Cc1cccc(S(=O)(=O)N(C)c2ccccc2C(=O)O)c1. The van der Waals surface area contributed by atoms with Crippen molar-refractivity contribution in [2.45, 2.75) is 11.8 Å². The van der Waals surface area contributed by atoms with Crippen LogP contribution in [0.5, 0.6) is 0 Å². The van der Waals surface area contributed by atoms with Crippen LogP contribution in [-0.2, 0) is 10.0 Å². The maximum absolute atomic E-state index is 12.6. The molecule has 0 fully saturated rings. The van der Waals surface area contributed by atoms with Crippen molar-refractivity contribution in [2.75, 3.05) is 11.4 Å². The van der Waals surface area contributed by atoms with Crippen molar-refractivity contribution >= 4 is 21.7 Å². The van der Waals surface area contributed by atoms with Gasteiger partial charge >= 0.3 is 5.97 Å². The molecular formula is C15H15NO4S. The zero-order chi connectivity index (χ0) is 15.6. The van der Waals surface area contributed by atoms with Crippen molar-refractivity contribution in [1.29, 1.82) is 0 Å². The third-order valence-corrected chi connectivity index (χ3v) is 4.89. The summed E-state index contributed by atoms with van der Waals surface area (Å²) in [6.45, 7) is 1.80. The molecule has 0 amide bonds. The van der Waals surface area contributed by atoms with Gasteiger partial charge in [0.1, 0.15) is 0 Å². The van der Waals surface area contributed by atoms with Gasteiger partial charge in [0.25, 0.3) is 10.0 Å². The number of aromatic carboxylic acids is 1. The number of rotatable bonds is 4. The molecule has 0 unspecified atom stereocenters. The number of benzene rings is 2. The summed E-state index contributed by atoms with van der Waals surface area (Å²) in [4.78, 5) is 11.4. The zero-order valence-corrected chi connectivity index (χ0v) is 12.5. The highest BCUT2D eigenvalue weighted by Crippen LogP contribution is 2.25. The maximum Gasteiger partial charge on any atom is 0.337 e. The third-order valence-electron chi connectivity index (χ3n) is 3.12. The molecule has 0 aromatic heterocycles. The number of aryl methyl sites for hydroxylation is 1. The van der Waals surface area contributed by atoms with Gasteiger partial charge in [-0.15, -0.1) is 0 Å². The van der Waals surface area contributed by atoms with Crippen LogP contribution in [0, 0.1) is 6.92 Å². The Morgan fingerprint density at radius 3 is 2.38 bits per heavy atom. The first-order valence-electron chi connectivity index (χ1n) is 6.22. The Morgan fingerprint density at radius 1 is 1.10 bits per heavy atom. The van der Waals surface area contributed by atoms with E-state index in [2.05, 4.69) is 0 Å². The molecule has 110 valence electrons. The van der Waals surface area contributed by atoms with Crippen LogP contribution >= 0.6 is 0 Å². The van der Waals surface area contributed by atoms with Gasteiger partial charge in [-0.2, -0.15) is 0 Å². The number of hydrogen-bond donors (Lipinski definition) is 1. The van der Waals surface area contributed by atoms with Crippen molar-refractivity contribution in [3.63, 3.8) is 0 Å². The van der Waals surface area contributed by atoms with Crippen molar-refractivity contribution in [1.82, 2.24) is 0 Å². The predicted octanol–water partition coefficient (Wildman–Crippen LogP) is 2.52. The summed E-state index contributed by atoms with van der Waals surface area (Å²) in [7, 11) is -2.45. The third kappa shape index (κ3) is 2.90. The first-order valence-corrected chi connectivity index (χ1v) is 7.66. The monoisotopic (exact) mass is 305 g/mol. The van der Waals surface area contributed by atoms with Crippen LogP contribution in [0.15, 0.2) is 53.4 Å². The Labute approximate surface area is 123 Å². The molecule has 2 aromatic rings. The van der Waals surface area contributed by atoms with Gasteiger partial charge in [0.2, 0.25) is 0 Å². The van der Waals surface area contributed by atoms with Gasteiger partial charge in [0.15, 0.2) is 0 Å². The Kier molecular flexibility index (Phi) is 3.99. The van der Waals surface area contributed by atoms with E-state index >= 15 is 0 Å². The lowest BCUT2D eigenvalue weighted by molar-refractivity contribution is 0.0698. The number of carbonyl (C=O) groups is 1. The van der Waals surface area contributed by atoms with Gasteiger partial charge < -0.3 is 5.11 Å². The van der Waals surface area contributed by atoms with Crippen LogP contribution in [-0.4, -0.2) is 26.5 Å². The number of anilines is 1. The summed E-state index contributed by atoms with van der Waals surface area (Å²) in [5.41, 5.74) is 0.888. The molecule has 1 N–H and O–H groups in total. The predicted molar refractivity (Wildman–Crippen MR) is 80.2 cm³/mol. The van der Waals surface area contributed by atoms with E-state index in [1.165, 1.54) is 25.2 Å². The number of carboxylic acid groups (broad SMARTS) is 1. The summed E-state index contributed by atoms with van der Waals surface area (Å²) in [5.74, 6) is -1.17. The van der Waals surface area contributed by atoms with Gasteiger partial charge in [-0.3, -0.25) is 4.31 Å². The van der Waals surface area contributed by atoms with Gasteiger partial charge in [-0.1, -0.05) is 24.3 Å². The van der Waals surface area contributed by atoms with Gasteiger partial charge in [-0.25, -0.2) is 13.2 Å². The van der Waals surface area contributed by atoms with Crippen LogP contribution in [0.25, 0.3) is 0 Å². The van der Waals surface area contributed by atoms with Gasteiger partial charge in [0, 0.05) is 7.05 Å². The molecule has 0 saturated heterocycles. The first-order chi connectivity index (χ1) is 9.84. The fourth-order valence-electron chi connectivity index (χ4n) is 1.99. The first kappa shape index (κ1) is 15.1. The lowest BCUT2D eigenvalue weighted by Crippen LogP contribution is -2.28. The zero-order valence-electron chi connectivity index (χ0n) is 11.6. The summed E-state index contributed by atoms with van der Waals surface area (Å²) in [6.07, 6.45) is 0. The fourth-order valence-corrected chi connectivity index (χ4v) is 3.31. The van der Waals surface area contributed by atoms with E-state index in [4.69, 9.17) is 0 Å². The second-order valence-corrected chi connectivity index (χ2v) is 6.58. The highest BCUT2D eigenvalue weighted by molar-refractivity contribution is 7.92. The molecule has 0 aliphatic rings. The van der Waals surface area contributed by atoms with Crippen molar-refractivity contribution in [3.8, 4) is 0 Å². The van der Waals surface area contributed by atoms with E-state index in [0.717, 1.165) is 9.87 Å². The van der Waals surface area contributed by atoms with E-state index in [1.807, 2.05) is 0 Å². The minimum Gasteiger partial charge on any atom is -0.478 e.